The van der Waals surface area contributed by atoms with Crippen LogP contribution < -0.4 is 5.32 Å². The second-order valence-corrected chi connectivity index (χ2v) is 6.79. The zero-order valence-electron chi connectivity index (χ0n) is 14.0. The highest BCUT2D eigenvalue weighted by molar-refractivity contribution is 5.80. The van der Waals surface area contributed by atoms with E-state index in [0.717, 1.165) is 24.0 Å². The molecular weight excluding hydrogens is 308 g/mol. The first kappa shape index (κ1) is 16.8. The fraction of sp³-hybridized carbons (Fsp3) is 0.556. The van der Waals surface area contributed by atoms with Crippen molar-refractivity contribution in [3.8, 4) is 0 Å². The van der Waals surface area contributed by atoms with Gasteiger partial charge in [-0.15, -0.1) is 0 Å². The summed E-state index contributed by atoms with van der Waals surface area (Å²) in [5, 5.41) is 12.5. The molecule has 1 saturated carbocycles. The summed E-state index contributed by atoms with van der Waals surface area (Å²) in [6.07, 6.45) is 2.51. The van der Waals surface area contributed by atoms with Crippen molar-refractivity contribution in [3.05, 3.63) is 35.4 Å². The zero-order chi connectivity index (χ0) is 17.2. The number of aliphatic carboxylic acids is 1. The first-order valence-corrected chi connectivity index (χ1v) is 8.39. The van der Waals surface area contributed by atoms with Gasteiger partial charge in [-0.25, -0.2) is 4.79 Å². The summed E-state index contributed by atoms with van der Waals surface area (Å²) in [6, 6.07) is 7.63. The van der Waals surface area contributed by atoms with Crippen molar-refractivity contribution < 1.29 is 19.4 Å². The van der Waals surface area contributed by atoms with Crippen LogP contribution in [0, 0.1) is 11.3 Å². The second-order valence-electron chi connectivity index (χ2n) is 6.79. The molecule has 0 bridgehead atoms. The average Bonchev–Trinajstić information content (AvgIpc) is 3.12. The van der Waals surface area contributed by atoms with Crippen molar-refractivity contribution in [1.29, 1.82) is 0 Å². The highest BCUT2D eigenvalue weighted by Gasteiger charge is 2.55. The van der Waals surface area contributed by atoms with Crippen LogP contribution in [0.3, 0.4) is 0 Å². The van der Waals surface area contributed by atoms with Gasteiger partial charge in [-0.2, -0.15) is 0 Å². The fourth-order valence-corrected chi connectivity index (χ4v) is 4.10. The summed E-state index contributed by atoms with van der Waals surface area (Å²) < 4.78 is 5.18. The summed E-state index contributed by atoms with van der Waals surface area (Å²) >= 11 is 0. The number of rotatable bonds is 5. The number of methoxy groups -OCH3 is 1. The van der Waals surface area contributed by atoms with Crippen LogP contribution in [0.15, 0.2) is 24.3 Å². The van der Waals surface area contributed by atoms with Crippen LogP contribution >= 0.6 is 0 Å². The molecule has 0 spiro atoms. The van der Waals surface area contributed by atoms with Crippen LogP contribution in [-0.4, -0.2) is 42.2 Å². The molecule has 6 nitrogen and oxygen atoms in total. The van der Waals surface area contributed by atoms with Crippen molar-refractivity contribution in [3.63, 3.8) is 0 Å². The monoisotopic (exact) mass is 332 g/mol. The molecule has 130 valence electrons. The van der Waals surface area contributed by atoms with Gasteiger partial charge in [0.05, 0.1) is 12.0 Å². The summed E-state index contributed by atoms with van der Waals surface area (Å²) in [5.74, 6) is -0.674. The lowest BCUT2D eigenvalue weighted by Gasteiger charge is -2.23. The lowest BCUT2D eigenvalue weighted by molar-refractivity contribution is -0.149. The highest BCUT2D eigenvalue weighted by atomic mass is 16.5. The number of likely N-dealkylation sites (tertiary alicyclic amines) is 1. The largest absolute Gasteiger partial charge is 0.481 e. The van der Waals surface area contributed by atoms with E-state index in [-0.39, 0.29) is 11.9 Å². The van der Waals surface area contributed by atoms with E-state index in [0.29, 0.717) is 32.7 Å². The van der Waals surface area contributed by atoms with E-state index in [2.05, 4.69) is 5.32 Å². The molecule has 0 unspecified atom stereocenters. The molecule has 2 N–H and O–H groups in total. The molecule has 1 aliphatic carbocycles. The van der Waals surface area contributed by atoms with E-state index < -0.39 is 11.4 Å². The van der Waals surface area contributed by atoms with Crippen LogP contribution in [0.25, 0.3) is 0 Å². The third kappa shape index (κ3) is 2.98. The van der Waals surface area contributed by atoms with Crippen LogP contribution in [0.4, 0.5) is 4.79 Å². The lowest BCUT2D eigenvalue weighted by atomic mass is 9.81. The Labute approximate surface area is 141 Å². The van der Waals surface area contributed by atoms with Crippen molar-refractivity contribution in [2.24, 2.45) is 11.3 Å². The van der Waals surface area contributed by atoms with E-state index in [1.165, 1.54) is 0 Å². The molecule has 1 aromatic rings. The minimum absolute atomic E-state index is 0.0847. The van der Waals surface area contributed by atoms with Crippen molar-refractivity contribution in [2.75, 3.05) is 20.2 Å². The van der Waals surface area contributed by atoms with E-state index >= 15 is 0 Å². The topological polar surface area (TPSA) is 78.9 Å². The first-order chi connectivity index (χ1) is 11.6. The molecule has 2 atom stereocenters. The summed E-state index contributed by atoms with van der Waals surface area (Å²) in [6.45, 7) is 1.77. The average molecular weight is 332 g/mol. The number of benzene rings is 1. The number of carbonyl (C=O) groups is 2. The van der Waals surface area contributed by atoms with Gasteiger partial charge >= 0.3 is 12.0 Å². The molecule has 0 aromatic heterocycles. The predicted octanol–water partition coefficient (Wildman–Crippen LogP) is 2.23. The van der Waals surface area contributed by atoms with Gasteiger partial charge in [-0.3, -0.25) is 4.79 Å². The third-order valence-corrected chi connectivity index (χ3v) is 5.43. The minimum Gasteiger partial charge on any atom is -0.481 e. The Morgan fingerprint density at radius 1 is 1.38 bits per heavy atom. The molecule has 0 radical (unpaired) electrons. The SMILES string of the molecule is COCc1ccccc1CNC(=O)N1C[C@@H]2CCC[C@@]2(C(=O)O)C1. The van der Waals surface area contributed by atoms with Crippen LogP contribution in [0.1, 0.15) is 30.4 Å². The van der Waals surface area contributed by atoms with E-state index in [9.17, 15) is 14.7 Å². The Hall–Kier alpha value is -2.08. The maximum atomic E-state index is 12.5. The quantitative estimate of drug-likeness (QED) is 0.867. The van der Waals surface area contributed by atoms with Crippen LogP contribution in [-0.2, 0) is 22.7 Å². The van der Waals surface area contributed by atoms with Crippen LogP contribution in [0.5, 0.6) is 0 Å². The van der Waals surface area contributed by atoms with Gasteiger partial charge in [0, 0.05) is 26.7 Å². The maximum absolute atomic E-state index is 12.5. The number of carboxylic acid groups (broad SMARTS) is 1. The Balaban J connectivity index is 1.62. The third-order valence-electron chi connectivity index (χ3n) is 5.43. The number of carbonyl (C=O) groups excluding carboxylic acids is 1. The van der Waals surface area contributed by atoms with Gasteiger partial charge in [-0.1, -0.05) is 30.7 Å². The summed E-state index contributed by atoms with van der Waals surface area (Å²) in [4.78, 5) is 25.8. The number of fused-ring (bicyclic) bond motifs is 1. The van der Waals surface area contributed by atoms with Gasteiger partial charge in [0.2, 0.25) is 0 Å². The highest BCUT2D eigenvalue weighted by Crippen LogP contribution is 2.48. The minimum atomic E-state index is -0.759. The molecule has 1 aliphatic heterocycles. The van der Waals surface area contributed by atoms with Gasteiger partial charge < -0.3 is 20.1 Å². The number of amides is 2. The Bertz CT molecular complexity index is 633. The summed E-state index contributed by atoms with van der Waals surface area (Å²) in [7, 11) is 1.64. The fourth-order valence-electron chi connectivity index (χ4n) is 4.10. The summed E-state index contributed by atoms with van der Waals surface area (Å²) in [5.41, 5.74) is 1.33. The Morgan fingerprint density at radius 2 is 2.12 bits per heavy atom. The molecule has 1 saturated heterocycles. The smallest absolute Gasteiger partial charge is 0.317 e. The molecule has 2 aliphatic rings. The molecule has 2 amide bonds. The Morgan fingerprint density at radius 3 is 2.79 bits per heavy atom. The number of hydrogen-bond donors (Lipinski definition) is 2. The number of nitrogens with zero attached hydrogens (tertiary/aromatic N) is 1. The van der Waals surface area contributed by atoms with E-state index in [1.807, 2.05) is 24.3 Å². The normalized spacial score (nSPS) is 25.5. The number of ether oxygens (including phenoxy) is 1. The number of hydrogen-bond acceptors (Lipinski definition) is 3. The standard InChI is InChI=1S/C18H24N2O4/c1-24-11-14-6-3-2-5-13(14)9-19-17(23)20-10-15-7-4-8-18(15,12-20)16(21)22/h2-3,5-6,15H,4,7-12H2,1H3,(H,19,23)(H,21,22)/t15-,18+/m0/s1. The second kappa shape index (κ2) is 6.81. The molecule has 1 heterocycles. The Kier molecular flexibility index (Phi) is 4.76. The molecule has 6 heteroatoms. The first-order valence-electron chi connectivity index (χ1n) is 8.39. The predicted molar refractivity (Wildman–Crippen MR) is 88.4 cm³/mol. The van der Waals surface area contributed by atoms with Gasteiger partial charge in [-0.05, 0) is 29.9 Å². The van der Waals surface area contributed by atoms with Gasteiger partial charge in [0.1, 0.15) is 0 Å². The molecule has 2 fully saturated rings. The van der Waals surface area contributed by atoms with E-state index in [1.54, 1.807) is 12.0 Å². The zero-order valence-corrected chi connectivity index (χ0v) is 14.0. The molecular formula is C18H24N2O4. The maximum Gasteiger partial charge on any atom is 0.317 e. The number of urea groups is 1. The van der Waals surface area contributed by atoms with Gasteiger partial charge in [0.15, 0.2) is 0 Å². The van der Waals surface area contributed by atoms with Gasteiger partial charge in [0.25, 0.3) is 0 Å². The van der Waals surface area contributed by atoms with Crippen LogP contribution in [0.2, 0.25) is 0 Å². The lowest BCUT2D eigenvalue weighted by Crippen LogP contribution is -2.41. The van der Waals surface area contributed by atoms with Crippen molar-refractivity contribution >= 4 is 12.0 Å². The van der Waals surface area contributed by atoms with Crippen molar-refractivity contribution in [2.45, 2.75) is 32.4 Å². The van der Waals surface area contributed by atoms with E-state index in [4.69, 9.17) is 4.74 Å². The molecule has 3 rings (SSSR count). The number of nitrogens with one attached hydrogen (secondary N) is 1. The number of carboxylic acids is 1. The van der Waals surface area contributed by atoms with Crippen molar-refractivity contribution in [1.82, 2.24) is 10.2 Å². The molecule has 24 heavy (non-hydrogen) atoms. The molecule has 1 aromatic carbocycles.